The number of nitrogens with one attached hydrogen (secondary N) is 2. The molecule has 5 heteroatoms. The molecule has 2 unspecified atom stereocenters. The van der Waals surface area contributed by atoms with E-state index in [1.54, 1.807) is 24.3 Å². The van der Waals surface area contributed by atoms with E-state index in [2.05, 4.69) is 10.6 Å². The molecular formula is C22H25FN2O2. The van der Waals surface area contributed by atoms with Gasteiger partial charge in [-0.1, -0.05) is 24.3 Å². The summed E-state index contributed by atoms with van der Waals surface area (Å²) in [6, 6.07) is 13.7. The predicted octanol–water partition coefficient (Wildman–Crippen LogP) is 4.18. The van der Waals surface area contributed by atoms with Crippen LogP contribution >= 0.6 is 0 Å². The van der Waals surface area contributed by atoms with Gasteiger partial charge in [0.2, 0.25) is 5.91 Å². The molecule has 4 rings (SSSR count). The number of ether oxygens (including phenoxy) is 1. The Bertz CT molecular complexity index is 818. The molecule has 2 fully saturated rings. The molecule has 0 bridgehead atoms. The van der Waals surface area contributed by atoms with Crippen LogP contribution < -0.4 is 15.4 Å². The van der Waals surface area contributed by atoms with Gasteiger partial charge in [-0.05, 0) is 74.5 Å². The van der Waals surface area contributed by atoms with E-state index in [-0.39, 0.29) is 29.0 Å². The lowest BCUT2D eigenvalue weighted by Gasteiger charge is -2.24. The zero-order valence-electron chi connectivity index (χ0n) is 15.5. The molecule has 27 heavy (non-hydrogen) atoms. The molecule has 2 aromatic rings. The van der Waals surface area contributed by atoms with Crippen LogP contribution in [-0.2, 0) is 4.79 Å². The Labute approximate surface area is 159 Å². The lowest BCUT2D eigenvalue weighted by molar-refractivity contribution is -0.123. The lowest BCUT2D eigenvalue weighted by Crippen LogP contribution is -2.34. The first-order chi connectivity index (χ1) is 13.1. The quantitative estimate of drug-likeness (QED) is 0.832. The predicted molar refractivity (Wildman–Crippen MR) is 102 cm³/mol. The second-order valence-corrected chi connectivity index (χ2v) is 7.70. The highest BCUT2D eigenvalue weighted by molar-refractivity contribution is 5.83. The average Bonchev–Trinajstić information content (AvgIpc) is 3.37. The fourth-order valence-corrected chi connectivity index (χ4v) is 4.08. The summed E-state index contributed by atoms with van der Waals surface area (Å²) >= 11 is 0. The largest absolute Gasteiger partial charge is 0.454 e. The van der Waals surface area contributed by atoms with Crippen LogP contribution in [-0.4, -0.2) is 19.0 Å². The molecule has 1 spiro atoms. The van der Waals surface area contributed by atoms with E-state index < -0.39 is 5.82 Å². The van der Waals surface area contributed by atoms with Gasteiger partial charge < -0.3 is 15.4 Å². The molecule has 1 aliphatic carbocycles. The summed E-state index contributed by atoms with van der Waals surface area (Å²) in [4.78, 5) is 12.6. The second-order valence-electron chi connectivity index (χ2n) is 7.70. The Morgan fingerprint density at radius 1 is 1.22 bits per heavy atom. The number of rotatable bonds is 5. The van der Waals surface area contributed by atoms with Crippen molar-refractivity contribution in [2.45, 2.75) is 32.2 Å². The van der Waals surface area contributed by atoms with Crippen LogP contribution in [0, 0.1) is 17.2 Å². The van der Waals surface area contributed by atoms with Crippen molar-refractivity contribution in [2.24, 2.45) is 11.3 Å². The van der Waals surface area contributed by atoms with E-state index in [4.69, 9.17) is 4.74 Å². The van der Waals surface area contributed by atoms with Gasteiger partial charge in [-0.2, -0.15) is 0 Å². The number of amides is 1. The molecule has 4 nitrogen and oxygen atoms in total. The summed E-state index contributed by atoms with van der Waals surface area (Å²) in [5.74, 6) is 0.534. The van der Waals surface area contributed by atoms with Crippen LogP contribution in [0.1, 0.15) is 37.8 Å². The minimum Gasteiger partial charge on any atom is -0.454 e. The van der Waals surface area contributed by atoms with Gasteiger partial charge in [-0.3, -0.25) is 4.79 Å². The van der Waals surface area contributed by atoms with Crippen molar-refractivity contribution in [1.29, 1.82) is 0 Å². The van der Waals surface area contributed by atoms with Crippen LogP contribution in [0.15, 0.2) is 48.5 Å². The van der Waals surface area contributed by atoms with Crippen molar-refractivity contribution in [3.05, 3.63) is 59.9 Å². The maximum Gasteiger partial charge on any atom is 0.224 e. The Morgan fingerprint density at radius 3 is 2.67 bits per heavy atom. The number of carbonyl (C=O) groups is 1. The van der Waals surface area contributed by atoms with Crippen molar-refractivity contribution in [3.63, 3.8) is 0 Å². The zero-order valence-corrected chi connectivity index (χ0v) is 15.5. The fraction of sp³-hybridized carbons (Fsp3) is 0.409. The summed E-state index contributed by atoms with van der Waals surface area (Å²) in [7, 11) is 0. The number of hydrogen-bond donors (Lipinski definition) is 2. The standard InChI is InChI=1S/C22H25FN2O2/c1-15(25-21(26)18-14-22(18)9-11-24-12-10-22)16-7-8-20(19(23)13-16)27-17-5-3-2-4-6-17/h2-8,13,15,18,24H,9-12,14H2,1H3,(H,25,26). The molecular weight excluding hydrogens is 343 g/mol. The number of benzene rings is 2. The third-order valence-electron chi connectivity index (χ3n) is 5.89. The number of piperidine rings is 1. The van der Waals surface area contributed by atoms with Gasteiger partial charge >= 0.3 is 0 Å². The summed E-state index contributed by atoms with van der Waals surface area (Å²) < 4.78 is 20.0. The molecule has 2 N–H and O–H groups in total. The van der Waals surface area contributed by atoms with Crippen LogP contribution in [0.4, 0.5) is 4.39 Å². The van der Waals surface area contributed by atoms with Crippen molar-refractivity contribution >= 4 is 5.91 Å². The van der Waals surface area contributed by atoms with E-state index in [1.165, 1.54) is 6.07 Å². The van der Waals surface area contributed by atoms with E-state index in [0.717, 1.165) is 37.9 Å². The first-order valence-corrected chi connectivity index (χ1v) is 9.61. The van der Waals surface area contributed by atoms with Crippen LogP contribution in [0.25, 0.3) is 0 Å². The molecule has 1 aliphatic heterocycles. The number of para-hydroxylation sites is 1. The fourth-order valence-electron chi connectivity index (χ4n) is 4.08. The number of hydrogen-bond acceptors (Lipinski definition) is 3. The molecule has 2 aromatic carbocycles. The maximum absolute atomic E-state index is 14.4. The highest BCUT2D eigenvalue weighted by atomic mass is 19.1. The van der Waals surface area contributed by atoms with E-state index in [1.807, 2.05) is 25.1 Å². The third kappa shape index (κ3) is 3.83. The Kier molecular flexibility index (Phi) is 4.87. The molecule has 2 atom stereocenters. The molecule has 1 saturated heterocycles. The molecule has 1 amide bonds. The van der Waals surface area contributed by atoms with Crippen molar-refractivity contribution in [2.75, 3.05) is 13.1 Å². The highest BCUT2D eigenvalue weighted by Gasteiger charge is 2.57. The zero-order chi connectivity index (χ0) is 18.9. The SMILES string of the molecule is CC(NC(=O)C1CC12CCNCC2)c1ccc(Oc2ccccc2)c(F)c1. The van der Waals surface area contributed by atoms with Gasteiger partial charge in [0.25, 0.3) is 0 Å². The molecule has 0 aromatic heterocycles. The van der Waals surface area contributed by atoms with Crippen molar-refractivity contribution < 1.29 is 13.9 Å². The topological polar surface area (TPSA) is 50.4 Å². The van der Waals surface area contributed by atoms with Gasteiger partial charge in [-0.15, -0.1) is 0 Å². The Morgan fingerprint density at radius 2 is 1.96 bits per heavy atom. The Balaban J connectivity index is 1.38. The lowest BCUT2D eigenvalue weighted by atomic mass is 9.91. The van der Waals surface area contributed by atoms with Gasteiger partial charge in [-0.25, -0.2) is 4.39 Å². The summed E-state index contributed by atoms with van der Waals surface area (Å²) in [6.45, 7) is 3.88. The van der Waals surface area contributed by atoms with Crippen LogP contribution in [0.5, 0.6) is 11.5 Å². The smallest absolute Gasteiger partial charge is 0.224 e. The summed E-state index contributed by atoms with van der Waals surface area (Å²) in [6.07, 6.45) is 3.12. The van der Waals surface area contributed by atoms with Crippen LogP contribution in [0.2, 0.25) is 0 Å². The van der Waals surface area contributed by atoms with Gasteiger partial charge in [0.1, 0.15) is 5.75 Å². The molecule has 142 valence electrons. The number of halogens is 1. The third-order valence-corrected chi connectivity index (χ3v) is 5.89. The van der Waals surface area contributed by atoms with E-state index >= 15 is 0 Å². The van der Waals surface area contributed by atoms with Gasteiger partial charge in [0.15, 0.2) is 11.6 Å². The monoisotopic (exact) mass is 368 g/mol. The van der Waals surface area contributed by atoms with E-state index in [0.29, 0.717) is 5.75 Å². The van der Waals surface area contributed by atoms with Gasteiger partial charge in [0, 0.05) is 5.92 Å². The Hall–Kier alpha value is -2.40. The summed E-state index contributed by atoms with van der Waals surface area (Å²) in [5, 5.41) is 6.41. The maximum atomic E-state index is 14.4. The first kappa shape index (κ1) is 18.0. The van der Waals surface area contributed by atoms with E-state index in [9.17, 15) is 9.18 Å². The summed E-state index contributed by atoms with van der Waals surface area (Å²) in [5.41, 5.74) is 0.939. The van der Waals surface area contributed by atoms with Crippen LogP contribution in [0.3, 0.4) is 0 Å². The average molecular weight is 368 g/mol. The molecule has 0 radical (unpaired) electrons. The van der Waals surface area contributed by atoms with Crippen molar-refractivity contribution in [1.82, 2.24) is 10.6 Å². The molecule has 1 saturated carbocycles. The molecule has 1 heterocycles. The first-order valence-electron chi connectivity index (χ1n) is 9.61. The number of carbonyl (C=O) groups excluding carboxylic acids is 1. The normalized spacial score (nSPS) is 21.5. The minimum absolute atomic E-state index is 0.0921. The van der Waals surface area contributed by atoms with Gasteiger partial charge in [0.05, 0.1) is 6.04 Å². The second kappa shape index (κ2) is 7.31. The minimum atomic E-state index is -0.432. The van der Waals surface area contributed by atoms with Crippen molar-refractivity contribution in [3.8, 4) is 11.5 Å². The highest BCUT2D eigenvalue weighted by Crippen LogP contribution is 2.58. The molecule has 2 aliphatic rings.